The van der Waals surface area contributed by atoms with Crippen molar-refractivity contribution in [3.63, 3.8) is 0 Å². The van der Waals surface area contributed by atoms with Gasteiger partial charge in [-0.1, -0.05) is 0 Å². The van der Waals surface area contributed by atoms with Crippen LogP contribution in [0.4, 0.5) is 0 Å². The summed E-state index contributed by atoms with van der Waals surface area (Å²) in [6.45, 7) is 2.69. The van der Waals surface area contributed by atoms with Crippen LogP contribution in [-0.2, 0) is 9.47 Å². The first kappa shape index (κ1) is 20.9. The second kappa shape index (κ2) is 10.7. The molecule has 0 aromatic heterocycles. The van der Waals surface area contributed by atoms with Gasteiger partial charge in [-0.25, -0.2) is 0 Å². The normalized spacial score (nSPS) is 12.0. The molecule has 0 heterocycles. The minimum atomic E-state index is -0.0299. The number of rotatable bonds is 12. The van der Waals surface area contributed by atoms with Gasteiger partial charge in [0.25, 0.3) is 0 Å². The summed E-state index contributed by atoms with van der Waals surface area (Å²) in [5, 5.41) is 0. The first-order valence-electron chi connectivity index (χ1n) is 9.11. The number of ether oxygens (including phenoxy) is 4. The van der Waals surface area contributed by atoms with E-state index in [1.807, 2.05) is 24.3 Å². The topological polar surface area (TPSA) is 54.0 Å². The van der Waals surface area contributed by atoms with Crippen molar-refractivity contribution in [2.75, 3.05) is 51.4 Å². The molecule has 0 N–H and O–H groups in total. The van der Waals surface area contributed by atoms with Crippen molar-refractivity contribution < 1.29 is 23.7 Å². The van der Waals surface area contributed by atoms with Gasteiger partial charge in [0.05, 0.1) is 26.4 Å². The van der Waals surface area contributed by atoms with Crippen LogP contribution in [0, 0.1) is 0 Å². The SMILES string of the molecule is O=C1c2cc(OCCOCCCl)ccc2-c2ccc(OCCOCCCl)cc21. The average molecular weight is 425 g/mol. The molecule has 28 heavy (non-hydrogen) atoms. The number of carbonyl (C=O) groups is 1. The lowest BCUT2D eigenvalue weighted by molar-refractivity contribution is 0.103. The molecule has 0 fully saturated rings. The van der Waals surface area contributed by atoms with E-state index in [0.717, 1.165) is 11.1 Å². The molecular formula is C21H22Cl2O5. The van der Waals surface area contributed by atoms with Gasteiger partial charge in [0, 0.05) is 22.9 Å². The molecule has 3 rings (SSSR count). The maximum atomic E-state index is 12.8. The molecule has 0 radical (unpaired) electrons. The van der Waals surface area contributed by atoms with Gasteiger partial charge < -0.3 is 18.9 Å². The summed E-state index contributed by atoms with van der Waals surface area (Å²) in [5.41, 5.74) is 3.08. The number of benzene rings is 2. The Labute approximate surface area is 174 Å². The lowest BCUT2D eigenvalue weighted by Gasteiger charge is -2.08. The van der Waals surface area contributed by atoms with Gasteiger partial charge in [0.2, 0.25) is 0 Å². The summed E-state index contributed by atoms with van der Waals surface area (Å²) < 4.78 is 21.9. The maximum Gasteiger partial charge on any atom is 0.194 e. The Bertz CT molecular complexity index is 744. The second-order valence-electron chi connectivity index (χ2n) is 6.04. The third-order valence-electron chi connectivity index (χ3n) is 4.20. The van der Waals surface area contributed by atoms with Crippen LogP contribution in [0.25, 0.3) is 11.1 Å². The van der Waals surface area contributed by atoms with E-state index in [9.17, 15) is 4.79 Å². The van der Waals surface area contributed by atoms with E-state index in [1.165, 1.54) is 0 Å². The van der Waals surface area contributed by atoms with Crippen molar-refractivity contribution in [3.8, 4) is 22.6 Å². The number of hydrogen-bond acceptors (Lipinski definition) is 5. The molecule has 0 aliphatic heterocycles. The fourth-order valence-electron chi connectivity index (χ4n) is 2.97. The molecule has 2 aromatic carbocycles. The lowest BCUT2D eigenvalue weighted by atomic mass is 10.1. The molecule has 7 heteroatoms. The molecule has 0 unspecified atom stereocenters. The number of carbonyl (C=O) groups excluding carboxylic acids is 1. The molecule has 0 atom stereocenters. The molecule has 1 aliphatic carbocycles. The molecule has 0 amide bonds. The van der Waals surface area contributed by atoms with Crippen LogP contribution >= 0.6 is 23.2 Å². The van der Waals surface area contributed by atoms with Crippen molar-refractivity contribution in [1.29, 1.82) is 0 Å². The summed E-state index contributed by atoms with van der Waals surface area (Å²) in [6, 6.07) is 11.1. The zero-order chi connectivity index (χ0) is 19.8. The van der Waals surface area contributed by atoms with E-state index in [0.29, 0.717) is 74.0 Å². The first-order chi connectivity index (χ1) is 13.7. The summed E-state index contributed by atoms with van der Waals surface area (Å²) in [5.74, 6) is 2.16. The van der Waals surface area contributed by atoms with Crippen LogP contribution in [0.15, 0.2) is 36.4 Å². The molecule has 0 bridgehead atoms. The second-order valence-corrected chi connectivity index (χ2v) is 6.80. The summed E-state index contributed by atoms with van der Waals surface area (Å²) in [7, 11) is 0. The van der Waals surface area contributed by atoms with Crippen LogP contribution in [0.5, 0.6) is 11.5 Å². The zero-order valence-corrected chi connectivity index (χ0v) is 16.9. The van der Waals surface area contributed by atoms with Crippen LogP contribution < -0.4 is 9.47 Å². The number of halogens is 2. The fraction of sp³-hybridized carbons (Fsp3) is 0.381. The van der Waals surface area contributed by atoms with Crippen LogP contribution in [0.1, 0.15) is 15.9 Å². The number of hydrogen-bond donors (Lipinski definition) is 0. The molecule has 0 saturated carbocycles. The van der Waals surface area contributed by atoms with E-state index >= 15 is 0 Å². The van der Waals surface area contributed by atoms with Crippen molar-refractivity contribution in [3.05, 3.63) is 47.5 Å². The minimum absolute atomic E-state index is 0.0299. The Balaban J connectivity index is 1.62. The highest BCUT2D eigenvalue weighted by atomic mass is 35.5. The van der Waals surface area contributed by atoms with Gasteiger partial charge in [-0.05, 0) is 47.5 Å². The standard InChI is InChI=1S/C21H22Cl2O5/c22-5-7-25-9-11-27-15-1-3-17-18-4-2-16(28-12-10-26-8-6-23)14-20(18)21(24)19(17)13-15/h1-4,13-14H,5-12H2. The van der Waals surface area contributed by atoms with E-state index in [1.54, 1.807) is 12.1 Å². The zero-order valence-electron chi connectivity index (χ0n) is 15.4. The van der Waals surface area contributed by atoms with Gasteiger partial charge in [-0.2, -0.15) is 0 Å². The molecule has 5 nitrogen and oxygen atoms in total. The van der Waals surface area contributed by atoms with Crippen molar-refractivity contribution in [2.45, 2.75) is 0 Å². The molecule has 0 spiro atoms. The predicted octanol–water partition coefficient (Wildman–Crippen LogP) is 4.17. The highest BCUT2D eigenvalue weighted by Gasteiger charge is 2.27. The van der Waals surface area contributed by atoms with Crippen LogP contribution in [0.2, 0.25) is 0 Å². The molecule has 150 valence electrons. The van der Waals surface area contributed by atoms with Gasteiger partial charge in [-0.3, -0.25) is 4.79 Å². The lowest BCUT2D eigenvalue weighted by Crippen LogP contribution is -2.08. The molecule has 1 aliphatic rings. The van der Waals surface area contributed by atoms with Gasteiger partial charge >= 0.3 is 0 Å². The number of alkyl halides is 2. The Morgan fingerprint density at radius 1 is 0.607 bits per heavy atom. The summed E-state index contributed by atoms with van der Waals surface area (Å²) in [4.78, 5) is 12.8. The highest BCUT2D eigenvalue weighted by molar-refractivity contribution is 6.22. The smallest absolute Gasteiger partial charge is 0.194 e. The van der Waals surface area contributed by atoms with E-state index in [2.05, 4.69) is 0 Å². The third kappa shape index (κ3) is 5.17. The quantitative estimate of drug-likeness (QED) is 0.322. The fourth-order valence-corrected chi connectivity index (χ4v) is 3.19. The molecular weight excluding hydrogens is 403 g/mol. The molecule has 0 saturated heterocycles. The number of ketones is 1. The molecule has 2 aromatic rings. The largest absolute Gasteiger partial charge is 0.491 e. The monoisotopic (exact) mass is 424 g/mol. The third-order valence-corrected chi connectivity index (χ3v) is 4.51. The van der Waals surface area contributed by atoms with Crippen molar-refractivity contribution >= 4 is 29.0 Å². The Kier molecular flexibility index (Phi) is 7.98. The number of fused-ring (bicyclic) bond motifs is 3. The maximum absolute atomic E-state index is 12.8. The summed E-state index contributed by atoms with van der Waals surface area (Å²) >= 11 is 11.1. The van der Waals surface area contributed by atoms with Crippen LogP contribution in [-0.4, -0.2) is 57.2 Å². The highest BCUT2D eigenvalue weighted by Crippen LogP contribution is 2.39. The minimum Gasteiger partial charge on any atom is -0.491 e. The first-order valence-corrected chi connectivity index (χ1v) is 10.2. The van der Waals surface area contributed by atoms with Crippen molar-refractivity contribution in [1.82, 2.24) is 0 Å². The van der Waals surface area contributed by atoms with E-state index in [4.69, 9.17) is 42.1 Å². The van der Waals surface area contributed by atoms with E-state index < -0.39 is 0 Å². The predicted molar refractivity (Wildman–Crippen MR) is 109 cm³/mol. The Morgan fingerprint density at radius 2 is 1.07 bits per heavy atom. The van der Waals surface area contributed by atoms with Gasteiger partial charge in [0.15, 0.2) is 5.78 Å². The average Bonchev–Trinajstić information content (AvgIpc) is 2.99. The van der Waals surface area contributed by atoms with Gasteiger partial charge in [0.1, 0.15) is 24.7 Å². The van der Waals surface area contributed by atoms with E-state index in [-0.39, 0.29) is 5.78 Å². The van der Waals surface area contributed by atoms with Crippen LogP contribution in [0.3, 0.4) is 0 Å². The Morgan fingerprint density at radius 3 is 1.50 bits per heavy atom. The van der Waals surface area contributed by atoms with Gasteiger partial charge in [-0.15, -0.1) is 23.2 Å². The Hall–Kier alpha value is -1.79. The summed E-state index contributed by atoms with van der Waals surface area (Å²) in [6.07, 6.45) is 0. The van der Waals surface area contributed by atoms with Crippen molar-refractivity contribution in [2.24, 2.45) is 0 Å².